The van der Waals surface area contributed by atoms with Gasteiger partial charge < -0.3 is 10.4 Å². The fourth-order valence-electron chi connectivity index (χ4n) is 1.75. The number of aryl methyl sites for hydroxylation is 1. The van der Waals surface area contributed by atoms with Crippen molar-refractivity contribution in [3.63, 3.8) is 0 Å². The zero-order chi connectivity index (χ0) is 13.8. The molecular formula is C13H19NO3S. The predicted molar refractivity (Wildman–Crippen MR) is 72.1 cm³/mol. The zero-order valence-electron chi connectivity index (χ0n) is 10.9. The molecule has 0 atom stereocenters. The minimum Gasteiger partial charge on any atom is -0.480 e. The van der Waals surface area contributed by atoms with Crippen molar-refractivity contribution in [2.24, 2.45) is 0 Å². The van der Waals surface area contributed by atoms with Gasteiger partial charge in [0.05, 0.1) is 4.88 Å². The van der Waals surface area contributed by atoms with Gasteiger partial charge in [-0.25, -0.2) is 4.79 Å². The van der Waals surface area contributed by atoms with Gasteiger partial charge in [-0.05, 0) is 31.4 Å². The molecule has 0 saturated heterocycles. The third-order valence-electron chi connectivity index (χ3n) is 3.20. The van der Waals surface area contributed by atoms with Gasteiger partial charge in [-0.1, -0.05) is 20.8 Å². The number of hydrogen-bond donors (Lipinski definition) is 2. The van der Waals surface area contributed by atoms with E-state index in [0.29, 0.717) is 17.7 Å². The maximum Gasteiger partial charge on any atom is 0.329 e. The molecule has 0 saturated carbocycles. The molecule has 0 aliphatic heterocycles. The highest BCUT2D eigenvalue weighted by atomic mass is 32.1. The maximum atomic E-state index is 12.0. The lowest BCUT2D eigenvalue weighted by Gasteiger charge is -2.27. The molecule has 4 nitrogen and oxygen atoms in total. The van der Waals surface area contributed by atoms with Crippen molar-refractivity contribution < 1.29 is 14.7 Å². The largest absolute Gasteiger partial charge is 0.480 e. The van der Waals surface area contributed by atoms with E-state index in [1.807, 2.05) is 13.0 Å². The third kappa shape index (κ3) is 2.90. The molecular weight excluding hydrogens is 250 g/mol. The van der Waals surface area contributed by atoms with Crippen molar-refractivity contribution in [2.45, 2.75) is 45.6 Å². The molecule has 0 radical (unpaired) electrons. The fraction of sp³-hybridized carbons (Fsp3) is 0.538. The molecule has 1 rings (SSSR count). The van der Waals surface area contributed by atoms with E-state index in [4.69, 9.17) is 0 Å². The number of carbonyl (C=O) groups is 2. The average molecular weight is 269 g/mol. The molecule has 100 valence electrons. The van der Waals surface area contributed by atoms with E-state index < -0.39 is 11.5 Å². The quantitative estimate of drug-likeness (QED) is 0.834. The highest BCUT2D eigenvalue weighted by Gasteiger charge is 2.36. The normalized spacial score (nSPS) is 11.3. The average Bonchev–Trinajstić information content (AvgIpc) is 2.84. The van der Waals surface area contributed by atoms with Crippen LogP contribution in [0.5, 0.6) is 0 Å². The standard InChI is InChI=1S/C13H19NO3S/c1-4-9-7-8-10(18-9)11(15)14-13(5-2,6-3)12(16)17/h7-8H,4-6H2,1-3H3,(H,14,15)(H,16,17). The van der Waals surface area contributed by atoms with Gasteiger partial charge in [0.15, 0.2) is 0 Å². The summed E-state index contributed by atoms with van der Waals surface area (Å²) in [5, 5.41) is 11.9. The lowest BCUT2D eigenvalue weighted by atomic mass is 9.93. The Morgan fingerprint density at radius 3 is 2.28 bits per heavy atom. The number of hydrogen-bond acceptors (Lipinski definition) is 3. The number of nitrogens with one attached hydrogen (secondary N) is 1. The second-order valence-electron chi connectivity index (χ2n) is 4.17. The van der Waals surface area contributed by atoms with Gasteiger partial charge in [-0.15, -0.1) is 11.3 Å². The van der Waals surface area contributed by atoms with Crippen LogP contribution in [-0.4, -0.2) is 22.5 Å². The topological polar surface area (TPSA) is 66.4 Å². The van der Waals surface area contributed by atoms with Crippen LogP contribution in [-0.2, 0) is 11.2 Å². The molecule has 0 bridgehead atoms. The van der Waals surface area contributed by atoms with Crippen LogP contribution >= 0.6 is 11.3 Å². The SMILES string of the molecule is CCc1ccc(C(=O)NC(CC)(CC)C(=O)O)s1. The van der Waals surface area contributed by atoms with Crippen molar-refractivity contribution >= 4 is 23.2 Å². The molecule has 0 spiro atoms. The summed E-state index contributed by atoms with van der Waals surface area (Å²) in [6.07, 6.45) is 1.62. The number of carboxylic acid groups (broad SMARTS) is 1. The van der Waals surface area contributed by atoms with E-state index in [1.54, 1.807) is 19.9 Å². The van der Waals surface area contributed by atoms with Crippen LogP contribution in [0.2, 0.25) is 0 Å². The summed E-state index contributed by atoms with van der Waals surface area (Å²) in [4.78, 5) is 25.0. The van der Waals surface area contributed by atoms with Crippen LogP contribution in [0.4, 0.5) is 0 Å². The Labute approximate surface area is 111 Å². The lowest BCUT2D eigenvalue weighted by Crippen LogP contribution is -2.53. The first-order valence-corrected chi connectivity index (χ1v) is 6.95. The predicted octanol–water partition coefficient (Wildman–Crippen LogP) is 2.68. The van der Waals surface area contributed by atoms with Gasteiger partial charge in [0.25, 0.3) is 5.91 Å². The summed E-state index contributed by atoms with van der Waals surface area (Å²) in [7, 11) is 0. The molecule has 2 N–H and O–H groups in total. The van der Waals surface area contributed by atoms with E-state index >= 15 is 0 Å². The number of amides is 1. The summed E-state index contributed by atoms with van der Waals surface area (Å²) in [5.41, 5.74) is -1.16. The minimum atomic E-state index is -1.16. The Balaban J connectivity index is 2.88. The molecule has 18 heavy (non-hydrogen) atoms. The minimum absolute atomic E-state index is 0.300. The number of carbonyl (C=O) groups excluding carboxylic acids is 1. The zero-order valence-corrected chi connectivity index (χ0v) is 11.8. The van der Waals surface area contributed by atoms with Crippen molar-refractivity contribution in [1.29, 1.82) is 0 Å². The van der Waals surface area contributed by atoms with E-state index in [-0.39, 0.29) is 5.91 Å². The molecule has 5 heteroatoms. The highest BCUT2D eigenvalue weighted by Crippen LogP contribution is 2.20. The number of rotatable bonds is 6. The summed E-state index contributed by atoms with van der Waals surface area (Å²) in [5.74, 6) is -1.28. The molecule has 0 unspecified atom stereocenters. The van der Waals surface area contributed by atoms with Crippen molar-refractivity contribution in [3.05, 3.63) is 21.9 Å². The molecule has 1 aromatic heterocycles. The number of carboxylic acids is 1. The molecule has 1 amide bonds. The first-order valence-electron chi connectivity index (χ1n) is 6.13. The van der Waals surface area contributed by atoms with E-state index in [0.717, 1.165) is 11.3 Å². The van der Waals surface area contributed by atoms with Gasteiger partial charge >= 0.3 is 5.97 Å². The van der Waals surface area contributed by atoms with Gasteiger partial charge in [-0.3, -0.25) is 4.79 Å². The lowest BCUT2D eigenvalue weighted by molar-refractivity contribution is -0.144. The van der Waals surface area contributed by atoms with Crippen LogP contribution in [0.15, 0.2) is 12.1 Å². The van der Waals surface area contributed by atoms with E-state index in [9.17, 15) is 14.7 Å². The summed E-state index contributed by atoms with van der Waals surface area (Å²) < 4.78 is 0. The van der Waals surface area contributed by atoms with Crippen LogP contribution in [0.25, 0.3) is 0 Å². The van der Waals surface area contributed by atoms with Gasteiger partial charge in [0.2, 0.25) is 0 Å². The Morgan fingerprint density at radius 2 is 1.89 bits per heavy atom. The van der Waals surface area contributed by atoms with E-state index in [2.05, 4.69) is 5.32 Å². The first-order chi connectivity index (χ1) is 8.49. The van der Waals surface area contributed by atoms with E-state index in [1.165, 1.54) is 11.3 Å². The smallest absolute Gasteiger partial charge is 0.329 e. The maximum absolute atomic E-state index is 12.0. The summed E-state index contributed by atoms with van der Waals surface area (Å²) in [6, 6.07) is 3.65. The third-order valence-corrected chi connectivity index (χ3v) is 4.43. The Kier molecular flexibility index (Phi) is 4.90. The van der Waals surface area contributed by atoms with Crippen molar-refractivity contribution in [3.8, 4) is 0 Å². The van der Waals surface area contributed by atoms with Crippen LogP contribution in [0, 0.1) is 0 Å². The molecule has 1 heterocycles. The van der Waals surface area contributed by atoms with Gasteiger partial charge in [0.1, 0.15) is 5.54 Å². The number of aliphatic carboxylic acids is 1. The van der Waals surface area contributed by atoms with Gasteiger partial charge in [-0.2, -0.15) is 0 Å². The summed E-state index contributed by atoms with van der Waals surface area (Å²) >= 11 is 1.41. The molecule has 0 aliphatic carbocycles. The monoisotopic (exact) mass is 269 g/mol. The second kappa shape index (κ2) is 6.00. The van der Waals surface area contributed by atoms with Crippen LogP contribution in [0.1, 0.15) is 48.2 Å². The first kappa shape index (κ1) is 14.7. The Hall–Kier alpha value is -1.36. The summed E-state index contributed by atoms with van der Waals surface area (Å²) in [6.45, 7) is 5.56. The fourth-order valence-corrected chi connectivity index (χ4v) is 2.59. The van der Waals surface area contributed by atoms with Crippen molar-refractivity contribution in [1.82, 2.24) is 5.32 Å². The highest BCUT2D eigenvalue weighted by molar-refractivity contribution is 7.14. The Bertz CT molecular complexity index is 435. The molecule has 0 fully saturated rings. The number of thiophene rings is 1. The van der Waals surface area contributed by atoms with Crippen molar-refractivity contribution in [2.75, 3.05) is 0 Å². The van der Waals surface area contributed by atoms with Crippen LogP contribution < -0.4 is 5.32 Å². The molecule has 0 aromatic carbocycles. The molecule has 1 aromatic rings. The van der Waals surface area contributed by atoms with Gasteiger partial charge in [0, 0.05) is 4.88 Å². The Morgan fingerprint density at radius 1 is 1.28 bits per heavy atom. The second-order valence-corrected chi connectivity index (χ2v) is 5.34. The van der Waals surface area contributed by atoms with Crippen LogP contribution in [0.3, 0.4) is 0 Å². The molecule has 0 aliphatic rings.